The average Bonchev–Trinajstić information content (AvgIpc) is 3.23. The van der Waals surface area contributed by atoms with Crippen LogP contribution >= 0.6 is 0 Å². The van der Waals surface area contributed by atoms with Gasteiger partial charge in [-0.05, 0) is 33.0 Å². The van der Waals surface area contributed by atoms with Crippen molar-refractivity contribution >= 4 is 6.41 Å². The summed E-state index contributed by atoms with van der Waals surface area (Å²) in [6.07, 6.45) is 0.807. The van der Waals surface area contributed by atoms with Crippen molar-refractivity contribution in [2.45, 2.75) is 26.4 Å². The Morgan fingerprint density at radius 3 is 2.37 bits per heavy atom. The standard InChI is InChI=1S/C20H23N5O2/c1-14(2)19(12-26)25(13-27)11-15-7-9-16(10-8-15)17-5-3-4-6-18(17)20-21-23-24-22-20/h3-10,13-14,19,26H,11-12H2,1-2H3,(H,21,22,23,24)/t19-/m1/s1. The molecule has 7 nitrogen and oxygen atoms in total. The second kappa shape index (κ2) is 8.55. The molecule has 1 heterocycles. The normalized spacial score (nSPS) is 12.1. The van der Waals surface area contributed by atoms with E-state index in [4.69, 9.17) is 0 Å². The lowest BCUT2D eigenvalue weighted by Gasteiger charge is -2.30. The minimum Gasteiger partial charge on any atom is -0.394 e. The molecule has 0 aliphatic rings. The van der Waals surface area contributed by atoms with Gasteiger partial charge in [-0.2, -0.15) is 0 Å². The Bertz CT molecular complexity index is 862. The molecule has 0 aliphatic carbocycles. The quantitative estimate of drug-likeness (QED) is 0.598. The van der Waals surface area contributed by atoms with E-state index in [-0.39, 0.29) is 18.6 Å². The summed E-state index contributed by atoms with van der Waals surface area (Å²) in [5.41, 5.74) is 3.98. The monoisotopic (exact) mass is 365 g/mol. The number of hydrogen-bond acceptors (Lipinski definition) is 5. The van der Waals surface area contributed by atoms with Crippen LogP contribution in [0.3, 0.4) is 0 Å². The number of benzene rings is 2. The molecule has 0 saturated heterocycles. The van der Waals surface area contributed by atoms with E-state index < -0.39 is 0 Å². The van der Waals surface area contributed by atoms with Gasteiger partial charge in [0.15, 0.2) is 5.82 Å². The zero-order valence-corrected chi connectivity index (χ0v) is 15.4. The third-order valence-electron chi connectivity index (χ3n) is 4.68. The van der Waals surface area contributed by atoms with E-state index in [2.05, 4.69) is 20.6 Å². The molecular weight excluding hydrogens is 342 g/mol. The highest BCUT2D eigenvalue weighted by molar-refractivity contribution is 5.80. The van der Waals surface area contributed by atoms with Gasteiger partial charge < -0.3 is 10.0 Å². The van der Waals surface area contributed by atoms with Gasteiger partial charge in [0.1, 0.15) is 0 Å². The first-order valence-corrected chi connectivity index (χ1v) is 8.88. The molecule has 0 fully saturated rings. The van der Waals surface area contributed by atoms with E-state index in [1.54, 1.807) is 4.90 Å². The van der Waals surface area contributed by atoms with Gasteiger partial charge >= 0.3 is 0 Å². The minimum atomic E-state index is -0.193. The number of rotatable bonds is 8. The van der Waals surface area contributed by atoms with Crippen LogP contribution in [0.1, 0.15) is 19.4 Å². The number of aromatic nitrogens is 4. The number of H-pyrrole nitrogens is 1. The van der Waals surface area contributed by atoms with Gasteiger partial charge in [0.05, 0.1) is 12.6 Å². The Morgan fingerprint density at radius 1 is 1.11 bits per heavy atom. The van der Waals surface area contributed by atoms with Crippen LogP contribution in [-0.4, -0.2) is 49.7 Å². The first-order valence-electron chi connectivity index (χ1n) is 8.88. The number of amides is 1. The van der Waals surface area contributed by atoms with Gasteiger partial charge in [0.25, 0.3) is 0 Å². The van der Waals surface area contributed by atoms with Crippen LogP contribution in [0.5, 0.6) is 0 Å². The second-order valence-electron chi connectivity index (χ2n) is 6.76. The summed E-state index contributed by atoms with van der Waals surface area (Å²) < 4.78 is 0. The lowest BCUT2D eigenvalue weighted by molar-refractivity contribution is -0.122. The first-order chi connectivity index (χ1) is 13.1. The number of nitrogens with zero attached hydrogens (tertiary/aromatic N) is 4. The third kappa shape index (κ3) is 4.20. The maximum absolute atomic E-state index is 11.5. The van der Waals surface area contributed by atoms with Crippen LogP contribution in [0.4, 0.5) is 0 Å². The van der Waals surface area contributed by atoms with Crippen LogP contribution in [0.2, 0.25) is 0 Å². The molecule has 1 atom stereocenters. The molecule has 1 amide bonds. The van der Waals surface area contributed by atoms with Gasteiger partial charge in [-0.1, -0.05) is 62.4 Å². The fourth-order valence-corrected chi connectivity index (χ4v) is 3.15. The molecule has 2 N–H and O–H groups in total. The smallest absolute Gasteiger partial charge is 0.210 e. The van der Waals surface area contributed by atoms with Crippen LogP contribution in [0.15, 0.2) is 48.5 Å². The predicted octanol–water partition coefficient (Wildman–Crippen LogP) is 2.51. The van der Waals surface area contributed by atoms with Crippen LogP contribution in [0.25, 0.3) is 22.5 Å². The summed E-state index contributed by atoms with van der Waals surface area (Å²) in [6, 6.07) is 15.7. The van der Waals surface area contributed by atoms with E-state index in [0.717, 1.165) is 28.7 Å². The van der Waals surface area contributed by atoms with Crippen molar-refractivity contribution in [1.29, 1.82) is 0 Å². The topological polar surface area (TPSA) is 95.0 Å². The van der Waals surface area contributed by atoms with Gasteiger partial charge in [-0.15, -0.1) is 5.10 Å². The fraction of sp³-hybridized carbons (Fsp3) is 0.300. The molecule has 0 spiro atoms. The van der Waals surface area contributed by atoms with Crippen molar-refractivity contribution in [3.05, 3.63) is 54.1 Å². The number of tetrazole rings is 1. The van der Waals surface area contributed by atoms with Gasteiger partial charge in [-0.25, -0.2) is 5.10 Å². The summed E-state index contributed by atoms with van der Waals surface area (Å²) in [5.74, 6) is 0.798. The number of carbonyl (C=O) groups is 1. The Hall–Kier alpha value is -3.06. The van der Waals surface area contributed by atoms with Crippen molar-refractivity contribution in [3.63, 3.8) is 0 Å². The molecule has 2 aromatic carbocycles. The highest BCUT2D eigenvalue weighted by atomic mass is 16.3. The first kappa shape index (κ1) is 18.7. The molecule has 7 heteroatoms. The van der Waals surface area contributed by atoms with E-state index in [1.165, 1.54) is 0 Å². The molecule has 0 unspecified atom stereocenters. The summed E-state index contributed by atoms with van der Waals surface area (Å²) in [7, 11) is 0. The lowest BCUT2D eigenvalue weighted by Crippen LogP contribution is -2.40. The Labute approximate surface area is 158 Å². The summed E-state index contributed by atoms with van der Waals surface area (Å²) in [6.45, 7) is 4.40. The molecular formula is C20H23N5O2. The largest absolute Gasteiger partial charge is 0.394 e. The average molecular weight is 365 g/mol. The van der Waals surface area contributed by atoms with Crippen LogP contribution in [-0.2, 0) is 11.3 Å². The van der Waals surface area contributed by atoms with Gasteiger partial charge in [0, 0.05) is 12.1 Å². The van der Waals surface area contributed by atoms with Crippen molar-refractivity contribution in [3.8, 4) is 22.5 Å². The third-order valence-corrected chi connectivity index (χ3v) is 4.68. The predicted molar refractivity (Wildman–Crippen MR) is 102 cm³/mol. The number of hydrogen-bond donors (Lipinski definition) is 2. The zero-order valence-electron chi connectivity index (χ0n) is 15.4. The molecule has 0 saturated carbocycles. The Kier molecular flexibility index (Phi) is 5.93. The van der Waals surface area contributed by atoms with Crippen LogP contribution < -0.4 is 0 Å². The number of aliphatic hydroxyl groups excluding tert-OH is 1. The fourth-order valence-electron chi connectivity index (χ4n) is 3.15. The molecule has 140 valence electrons. The van der Waals surface area contributed by atoms with Crippen molar-refractivity contribution in [2.24, 2.45) is 5.92 Å². The Morgan fingerprint density at radius 2 is 1.81 bits per heavy atom. The second-order valence-corrected chi connectivity index (χ2v) is 6.76. The molecule has 3 aromatic rings. The van der Waals surface area contributed by atoms with Crippen molar-refractivity contribution < 1.29 is 9.90 Å². The van der Waals surface area contributed by atoms with E-state index in [9.17, 15) is 9.90 Å². The zero-order chi connectivity index (χ0) is 19.2. The summed E-state index contributed by atoms with van der Waals surface area (Å²) in [4.78, 5) is 13.1. The highest BCUT2D eigenvalue weighted by Crippen LogP contribution is 2.29. The van der Waals surface area contributed by atoms with E-state index >= 15 is 0 Å². The molecule has 27 heavy (non-hydrogen) atoms. The number of aliphatic hydroxyl groups is 1. The minimum absolute atomic E-state index is 0.0485. The summed E-state index contributed by atoms with van der Waals surface area (Å²) in [5, 5.41) is 23.7. The number of aromatic amines is 1. The van der Waals surface area contributed by atoms with Gasteiger partial charge in [-0.3, -0.25) is 4.79 Å². The summed E-state index contributed by atoms with van der Waals surface area (Å²) >= 11 is 0. The van der Waals surface area contributed by atoms with Gasteiger partial charge in [0.2, 0.25) is 6.41 Å². The van der Waals surface area contributed by atoms with Crippen LogP contribution in [0, 0.1) is 5.92 Å². The van der Waals surface area contributed by atoms with E-state index in [1.807, 2.05) is 62.4 Å². The number of carbonyl (C=O) groups excluding carboxylic acids is 1. The molecule has 0 bridgehead atoms. The SMILES string of the molecule is CC(C)[C@@H](CO)N(C=O)Cc1ccc(-c2ccccc2-c2nnn[nH]2)cc1. The van der Waals surface area contributed by atoms with E-state index in [0.29, 0.717) is 12.4 Å². The maximum Gasteiger partial charge on any atom is 0.210 e. The number of nitrogens with one attached hydrogen (secondary N) is 1. The molecule has 3 rings (SSSR count). The van der Waals surface area contributed by atoms with Crippen molar-refractivity contribution in [2.75, 3.05) is 6.61 Å². The Balaban J connectivity index is 1.83. The van der Waals surface area contributed by atoms with Crippen molar-refractivity contribution in [1.82, 2.24) is 25.5 Å². The molecule has 0 aliphatic heterocycles. The molecule has 1 aromatic heterocycles. The lowest BCUT2D eigenvalue weighted by atomic mass is 9.98. The molecule has 0 radical (unpaired) electrons. The maximum atomic E-state index is 11.5. The highest BCUT2D eigenvalue weighted by Gasteiger charge is 2.20.